The minimum Gasteiger partial charge on any atom is -0.207 e. The van der Waals surface area contributed by atoms with Gasteiger partial charge >= 0.3 is 0 Å². The van der Waals surface area contributed by atoms with Gasteiger partial charge in [-0.1, -0.05) is 36.4 Å². The molecule has 116 valence electrons. The molecule has 0 fully saturated rings. The fourth-order valence-electron chi connectivity index (χ4n) is 2.99. The van der Waals surface area contributed by atoms with Gasteiger partial charge in [-0.2, -0.15) is 0 Å². The maximum atomic E-state index is 12.6. The highest BCUT2D eigenvalue weighted by molar-refractivity contribution is 7.89. The average Bonchev–Trinajstić information content (AvgIpc) is 2.55. The van der Waals surface area contributed by atoms with Crippen molar-refractivity contribution in [1.29, 1.82) is 0 Å². The molecule has 0 saturated carbocycles. The van der Waals surface area contributed by atoms with Crippen LogP contribution in [0.2, 0.25) is 0 Å². The van der Waals surface area contributed by atoms with Gasteiger partial charge in [0.1, 0.15) is 0 Å². The lowest BCUT2D eigenvalue weighted by molar-refractivity contribution is 0.566. The Morgan fingerprint density at radius 2 is 1.64 bits per heavy atom. The summed E-state index contributed by atoms with van der Waals surface area (Å²) in [4.78, 5) is 0.371. The largest absolute Gasteiger partial charge is 0.241 e. The van der Waals surface area contributed by atoms with E-state index in [0.717, 1.165) is 24.8 Å². The van der Waals surface area contributed by atoms with E-state index in [1.807, 2.05) is 49.4 Å². The van der Waals surface area contributed by atoms with Crippen molar-refractivity contribution in [2.24, 2.45) is 0 Å². The Hall–Kier alpha value is -1.65. The van der Waals surface area contributed by atoms with Gasteiger partial charge in [0, 0.05) is 6.04 Å². The summed E-state index contributed by atoms with van der Waals surface area (Å²) in [6.07, 6.45) is 4.38. The smallest absolute Gasteiger partial charge is 0.207 e. The zero-order chi connectivity index (χ0) is 15.6. The summed E-state index contributed by atoms with van der Waals surface area (Å²) < 4.78 is 27.9. The molecule has 0 bridgehead atoms. The summed E-state index contributed by atoms with van der Waals surface area (Å²) in [6.45, 7) is 1.87. The van der Waals surface area contributed by atoms with Gasteiger partial charge in [0.15, 0.2) is 0 Å². The van der Waals surface area contributed by atoms with E-state index in [4.69, 9.17) is 0 Å². The number of hydrogen-bond acceptors (Lipinski definition) is 2. The van der Waals surface area contributed by atoms with Crippen LogP contribution in [0.3, 0.4) is 0 Å². The number of rotatable bonds is 4. The number of fused-ring (bicyclic) bond motifs is 1. The van der Waals surface area contributed by atoms with Gasteiger partial charge in [-0.3, -0.25) is 0 Å². The molecule has 0 spiro atoms. The Bertz CT molecular complexity index is 754. The number of nitrogens with one attached hydrogen (secondary N) is 1. The Morgan fingerprint density at radius 1 is 0.955 bits per heavy atom. The van der Waals surface area contributed by atoms with Crippen molar-refractivity contribution < 1.29 is 8.42 Å². The summed E-state index contributed by atoms with van der Waals surface area (Å²) in [5, 5.41) is 0. The van der Waals surface area contributed by atoms with Crippen molar-refractivity contribution in [2.75, 3.05) is 0 Å². The first-order valence-corrected chi connectivity index (χ1v) is 9.24. The Labute approximate surface area is 132 Å². The second-order valence-corrected chi connectivity index (χ2v) is 7.61. The van der Waals surface area contributed by atoms with Crippen LogP contribution in [-0.4, -0.2) is 8.42 Å². The molecule has 1 atom stereocenters. The first-order valence-electron chi connectivity index (χ1n) is 7.75. The number of benzene rings is 2. The van der Waals surface area contributed by atoms with Gasteiger partial charge in [-0.25, -0.2) is 13.1 Å². The molecule has 0 heterocycles. The van der Waals surface area contributed by atoms with Crippen LogP contribution >= 0.6 is 0 Å². The van der Waals surface area contributed by atoms with Crippen LogP contribution in [0.1, 0.15) is 42.5 Å². The summed E-state index contributed by atoms with van der Waals surface area (Å²) in [5.74, 6) is 0. The Balaban J connectivity index is 1.84. The van der Waals surface area contributed by atoms with Crippen molar-refractivity contribution in [2.45, 2.75) is 43.5 Å². The minimum atomic E-state index is -3.49. The van der Waals surface area contributed by atoms with Gasteiger partial charge in [-0.05, 0) is 61.4 Å². The van der Waals surface area contributed by atoms with Gasteiger partial charge in [0.25, 0.3) is 0 Å². The van der Waals surface area contributed by atoms with Crippen LogP contribution in [0, 0.1) is 0 Å². The van der Waals surface area contributed by atoms with Crippen molar-refractivity contribution in [3.63, 3.8) is 0 Å². The summed E-state index contributed by atoms with van der Waals surface area (Å²) in [7, 11) is -3.49. The number of aryl methyl sites for hydroxylation is 2. The first-order chi connectivity index (χ1) is 10.6. The van der Waals surface area contributed by atoms with Crippen molar-refractivity contribution >= 4 is 10.0 Å². The monoisotopic (exact) mass is 315 g/mol. The molecular weight excluding hydrogens is 294 g/mol. The molecule has 0 amide bonds. The van der Waals surface area contributed by atoms with Crippen LogP contribution in [-0.2, 0) is 22.9 Å². The maximum absolute atomic E-state index is 12.6. The van der Waals surface area contributed by atoms with E-state index in [-0.39, 0.29) is 6.04 Å². The van der Waals surface area contributed by atoms with Gasteiger partial charge in [0.2, 0.25) is 10.0 Å². The molecular formula is C18H21NO2S. The van der Waals surface area contributed by atoms with Crippen LogP contribution in [0.15, 0.2) is 53.4 Å². The Morgan fingerprint density at radius 3 is 2.36 bits per heavy atom. The van der Waals surface area contributed by atoms with Crippen LogP contribution in [0.4, 0.5) is 0 Å². The van der Waals surface area contributed by atoms with Crippen molar-refractivity contribution in [3.05, 3.63) is 65.2 Å². The summed E-state index contributed by atoms with van der Waals surface area (Å²) in [5.41, 5.74) is 3.44. The molecule has 3 rings (SSSR count). The fourth-order valence-corrected chi connectivity index (χ4v) is 4.27. The third-order valence-corrected chi connectivity index (χ3v) is 5.80. The zero-order valence-electron chi connectivity index (χ0n) is 12.7. The molecule has 0 aliphatic heterocycles. The van der Waals surface area contributed by atoms with Gasteiger partial charge in [0.05, 0.1) is 4.90 Å². The van der Waals surface area contributed by atoms with E-state index in [2.05, 4.69) is 4.72 Å². The Kier molecular flexibility index (Phi) is 4.32. The highest BCUT2D eigenvalue weighted by atomic mass is 32.2. The molecule has 1 N–H and O–H groups in total. The van der Waals surface area contributed by atoms with E-state index >= 15 is 0 Å². The maximum Gasteiger partial charge on any atom is 0.241 e. The van der Waals surface area contributed by atoms with Crippen LogP contribution < -0.4 is 4.72 Å². The average molecular weight is 315 g/mol. The number of hydrogen-bond donors (Lipinski definition) is 1. The lowest BCUT2D eigenvalue weighted by Crippen LogP contribution is -2.27. The normalized spacial score (nSPS) is 16.0. The molecule has 2 aromatic carbocycles. The standard InChI is InChI=1S/C18H21NO2S/c1-14(15-7-3-2-4-8-15)19-22(20,21)18-12-11-16-9-5-6-10-17(16)13-18/h2-4,7-8,11-14,19H,5-6,9-10H2,1H3/t14-/m1/s1. The molecule has 1 aliphatic carbocycles. The minimum absolute atomic E-state index is 0.248. The third kappa shape index (κ3) is 3.23. The molecule has 1 aliphatic rings. The predicted octanol–water partition coefficient (Wildman–Crippen LogP) is 3.60. The second kappa shape index (κ2) is 6.23. The highest BCUT2D eigenvalue weighted by Crippen LogP contribution is 2.25. The molecule has 4 heteroatoms. The third-order valence-electron chi connectivity index (χ3n) is 4.26. The molecule has 0 saturated heterocycles. The van der Waals surface area contributed by atoms with E-state index in [1.54, 1.807) is 6.07 Å². The zero-order valence-corrected chi connectivity index (χ0v) is 13.6. The molecule has 22 heavy (non-hydrogen) atoms. The number of sulfonamides is 1. The van der Waals surface area contributed by atoms with Crippen molar-refractivity contribution in [1.82, 2.24) is 4.72 Å². The second-order valence-electron chi connectivity index (χ2n) is 5.89. The van der Waals surface area contributed by atoms with Crippen molar-refractivity contribution in [3.8, 4) is 0 Å². The predicted molar refractivity (Wildman–Crippen MR) is 88.3 cm³/mol. The highest BCUT2D eigenvalue weighted by Gasteiger charge is 2.20. The van der Waals surface area contributed by atoms with Crippen LogP contribution in [0.25, 0.3) is 0 Å². The van der Waals surface area contributed by atoms with E-state index < -0.39 is 10.0 Å². The SMILES string of the molecule is C[C@@H](NS(=O)(=O)c1ccc2c(c1)CCCC2)c1ccccc1. The van der Waals surface area contributed by atoms with E-state index in [9.17, 15) is 8.42 Å². The topological polar surface area (TPSA) is 46.2 Å². The molecule has 0 unspecified atom stereocenters. The van der Waals surface area contributed by atoms with Gasteiger partial charge in [-0.15, -0.1) is 0 Å². The van der Waals surface area contributed by atoms with Crippen LogP contribution in [0.5, 0.6) is 0 Å². The molecule has 2 aromatic rings. The lowest BCUT2D eigenvalue weighted by atomic mass is 9.92. The lowest BCUT2D eigenvalue weighted by Gasteiger charge is -2.18. The quantitative estimate of drug-likeness (QED) is 0.937. The molecule has 3 nitrogen and oxygen atoms in total. The van der Waals surface area contributed by atoms with E-state index in [0.29, 0.717) is 4.90 Å². The molecule has 0 radical (unpaired) electrons. The fraction of sp³-hybridized carbons (Fsp3) is 0.333. The summed E-state index contributed by atoms with van der Waals surface area (Å²) in [6, 6.07) is 14.9. The van der Waals surface area contributed by atoms with Gasteiger partial charge < -0.3 is 0 Å². The molecule has 0 aromatic heterocycles. The summed E-state index contributed by atoms with van der Waals surface area (Å²) >= 11 is 0. The van der Waals surface area contributed by atoms with E-state index in [1.165, 1.54) is 17.5 Å². The first kappa shape index (κ1) is 15.3.